The first-order valence-electron chi connectivity index (χ1n) is 8.67. The van der Waals surface area contributed by atoms with Gasteiger partial charge in [-0.1, -0.05) is 36.4 Å². The molecule has 0 aliphatic carbocycles. The summed E-state index contributed by atoms with van der Waals surface area (Å²) in [6.45, 7) is 5.90. The lowest BCUT2D eigenvalue weighted by atomic mass is 9.74. The summed E-state index contributed by atoms with van der Waals surface area (Å²) in [7, 11) is 0. The Kier molecular flexibility index (Phi) is 3.76. The van der Waals surface area contributed by atoms with E-state index in [2.05, 4.69) is 6.58 Å². The van der Waals surface area contributed by atoms with Gasteiger partial charge < -0.3 is 14.4 Å². The summed E-state index contributed by atoms with van der Waals surface area (Å²) in [6.07, 6.45) is 5.86. The predicted molar refractivity (Wildman–Crippen MR) is 92.9 cm³/mol. The quantitative estimate of drug-likeness (QED) is 0.611. The molecule has 5 heteroatoms. The van der Waals surface area contributed by atoms with Crippen molar-refractivity contribution in [2.75, 3.05) is 11.5 Å². The number of rotatable bonds is 5. The van der Waals surface area contributed by atoms with E-state index in [1.807, 2.05) is 42.5 Å². The van der Waals surface area contributed by atoms with Crippen molar-refractivity contribution in [3.8, 4) is 0 Å². The lowest BCUT2D eigenvalue weighted by molar-refractivity contribution is -0.151. The molecule has 1 amide bonds. The lowest BCUT2D eigenvalue weighted by Crippen LogP contribution is -2.45. The molecule has 5 nitrogen and oxygen atoms in total. The molecule has 0 unspecified atom stereocenters. The maximum absolute atomic E-state index is 13.3. The SMILES string of the molecule is C=CC[C@H]1N(c2ccccc2)C(=O)[C@@H]2[C@@H](C(=O)OCC)[C@H]3C=C[C@]21O3. The van der Waals surface area contributed by atoms with E-state index in [0.29, 0.717) is 6.42 Å². The highest BCUT2D eigenvalue weighted by Crippen LogP contribution is 2.56. The molecule has 25 heavy (non-hydrogen) atoms. The van der Waals surface area contributed by atoms with Gasteiger partial charge in [0.25, 0.3) is 0 Å². The number of carbonyl (C=O) groups is 2. The van der Waals surface area contributed by atoms with Gasteiger partial charge in [-0.05, 0) is 25.5 Å². The Balaban J connectivity index is 1.79. The highest BCUT2D eigenvalue weighted by Gasteiger charge is 2.71. The Morgan fingerprint density at radius 1 is 1.40 bits per heavy atom. The average Bonchev–Trinajstić information content (AvgIpc) is 3.25. The molecular formula is C20H21NO4. The van der Waals surface area contributed by atoms with Gasteiger partial charge in [0.1, 0.15) is 11.5 Å². The van der Waals surface area contributed by atoms with E-state index in [1.54, 1.807) is 17.9 Å². The van der Waals surface area contributed by atoms with Crippen molar-refractivity contribution in [2.45, 2.75) is 31.1 Å². The molecule has 5 atom stereocenters. The number of hydrogen-bond acceptors (Lipinski definition) is 4. The Bertz CT molecular complexity index is 743. The van der Waals surface area contributed by atoms with Crippen LogP contribution in [-0.2, 0) is 19.1 Å². The normalized spacial score (nSPS) is 35.1. The minimum absolute atomic E-state index is 0.0806. The molecule has 4 rings (SSSR count). The first-order chi connectivity index (χ1) is 12.1. The topological polar surface area (TPSA) is 55.8 Å². The summed E-state index contributed by atoms with van der Waals surface area (Å²) < 4.78 is 11.5. The molecule has 0 aromatic heterocycles. The van der Waals surface area contributed by atoms with Crippen LogP contribution < -0.4 is 4.90 Å². The molecule has 2 bridgehead atoms. The van der Waals surface area contributed by atoms with Gasteiger partial charge in [0.05, 0.1) is 24.7 Å². The second-order valence-corrected chi connectivity index (χ2v) is 6.63. The van der Waals surface area contributed by atoms with Gasteiger partial charge in [-0.15, -0.1) is 6.58 Å². The molecule has 3 aliphatic heterocycles. The molecule has 1 aromatic rings. The van der Waals surface area contributed by atoms with Gasteiger partial charge in [0.2, 0.25) is 5.91 Å². The van der Waals surface area contributed by atoms with E-state index in [1.165, 1.54) is 0 Å². The third-order valence-corrected chi connectivity index (χ3v) is 5.40. The Morgan fingerprint density at radius 2 is 2.16 bits per heavy atom. The van der Waals surface area contributed by atoms with E-state index >= 15 is 0 Å². The van der Waals surface area contributed by atoms with Crippen molar-refractivity contribution >= 4 is 17.6 Å². The summed E-state index contributed by atoms with van der Waals surface area (Å²) >= 11 is 0. The van der Waals surface area contributed by atoms with Gasteiger partial charge in [0.15, 0.2) is 0 Å². The zero-order valence-electron chi connectivity index (χ0n) is 14.1. The number of anilines is 1. The van der Waals surface area contributed by atoms with Gasteiger partial charge in [-0.2, -0.15) is 0 Å². The molecule has 130 valence electrons. The number of fused-ring (bicyclic) bond motifs is 1. The van der Waals surface area contributed by atoms with Crippen LogP contribution in [0.1, 0.15) is 13.3 Å². The minimum atomic E-state index is -0.788. The van der Waals surface area contributed by atoms with Crippen molar-refractivity contribution in [3.63, 3.8) is 0 Å². The van der Waals surface area contributed by atoms with Crippen LogP contribution in [0.25, 0.3) is 0 Å². The van der Waals surface area contributed by atoms with Crippen molar-refractivity contribution in [2.24, 2.45) is 11.8 Å². The van der Waals surface area contributed by atoms with E-state index in [9.17, 15) is 9.59 Å². The highest BCUT2D eigenvalue weighted by atomic mass is 16.6. The van der Waals surface area contributed by atoms with Crippen LogP contribution in [0, 0.1) is 11.8 Å². The Labute approximate surface area is 146 Å². The maximum Gasteiger partial charge on any atom is 0.312 e. The molecule has 2 saturated heterocycles. The Morgan fingerprint density at radius 3 is 2.84 bits per heavy atom. The molecule has 0 N–H and O–H groups in total. The molecular weight excluding hydrogens is 318 g/mol. The standard InChI is InChI=1S/C20H21NO4/c1-3-8-15-20-12-11-14(25-20)16(19(23)24-4-2)17(20)18(22)21(15)13-9-6-5-7-10-13/h3,5-7,9-12,14-17H,1,4,8H2,2H3/t14-,15-,16+,17+,20-/m1/s1. The molecule has 0 saturated carbocycles. The van der Waals surface area contributed by atoms with E-state index in [4.69, 9.17) is 9.47 Å². The van der Waals surface area contributed by atoms with Gasteiger partial charge in [0, 0.05) is 5.69 Å². The van der Waals surface area contributed by atoms with Crippen LogP contribution in [0.5, 0.6) is 0 Å². The molecule has 1 spiro atoms. The molecule has 0 radical (unpaired) electrons. The largest absolute Gasteiger partial charge is 0.466 e. The first-order valence-corrected chi connectivity index (χ1v) is 8.67. The lowest BCUT2D eigenvalue weighted by Gasteiger charge is -2.32. The fraction of sp³-hybridized carbons (Fsp3) is 0.400. The number of nitrogens with zero attached hydrogens (tertiary/aromatic N) is 1. The van der Waals surface area contributed by atoms with Crippen LogP contribution in [0.4, 0.5) is 5.69 Å². The fourth-order valence-corrected chi connectivity index (χ4v) is 4.50. The molecule has 2 fully saturated rings. The van der Waals surface area contributed by atoms with Crippen molar-refractivity contribution < 1.29 is 19.1 Å². The van der Waals surface area contributed by atoms with Crippen LogP contribution >= 0.6 is 0 Å². The number of esters is 1. The van der Waals surface area contributed by atoms with Crippen LogP contribution in [0.15, 0.2) is 55.1 Å². The number of amides is 1. The van der Waals surface area contributed by atoms with E-state index in [0.717, 1.165) is 5.69 Å². The molecule has 3 heterocycles. The zero-order valence-corrected chi connectivity index (χ0v) is 14.1. The summed E-state index contributed by atoms with van der Waals surface area (Å²) in [5.41, 5.74) is 0.0228. The third-order valence-electron chi connectivity index (χ3n) is 5.40. The van der Waals surface area contributed by atoms with Gasteiger partial charge in [-0.25, -0.2) is 0 Å². The van der Waals surface area contributed by atoms with Crippen molar-refractivity contribution in [1.82, 2.24) is 0 Å². The number of ether oxygens (including phenoxy) is 2. The first kappa shape index (κ1) is 16.1. The van der Waals surface area contributed by atoms with Crippen molar-refractivity contribution in [1.29, 1.82) is 0 Å². The highest BCUT2D eigenvalue weighted by molar-refractivity contribution is 6.03. The zero-order chi connectivity index (χ0) is 17.6. The minimum Gasteiger partial charge on any atom is -0.466 e. The summed E-state index contributed by atoms with van der Waals surface area (Å²) in [6, 6.07) is 9.30. The summed E-state index contributed by atoms with van der Waals surface area (Å²) in [4.78, 5) is 27.6. The third kappa shape index (κ3) is 2.12. The number of carbonyl (C=O) groups excluding carboxylic acids is 2. The second kappa shape index (κ2) is 5.85. The summed E-state index contributed by atoms with van der Waals surface area (Å²) in [5, 5.41) is 0. The smallest absolute Gasteiger partial charge is 0.312 e. The number of benzene rings is 1. The molecule has 1 aromatic carbocycles. The number of hydrogen-bond donors (Lipinski definition) is 0. The van der Waals surface area contributed by atoms with E-state index < -0.39 is 23.5 Å². The van der Waals surface area contributed by atoms with Crippen LogP contribution in [0.3, 0.4) is 0 Å². The average molecular weight is 339 g/mol. The van der Waals surface area contributed by atoms with Gasteiger partial charge in [-0.3, -0.25) is 9.59 Å². The maximum atomic E-state index is 13.3. The number of para-hydroxylation sites is 1. The van der Waals surface area contributed by atoms with E-state index in [-0.39, 0.29) is 24.5 Å². The Hall–Kier alpha value is -2.40. The van der Waals surface area contributed by atoms with Crippen LogP contribution in [-0.4, -0.2) is 36.2 Å². The van der Waals surface area contributed by atoms with Gasteiger partial charge >= 0.3 is 5.97 Å². The van der Waals surface area contributed by atoms with Crippen LogP contribution in [0.2, 0.25) is 0 Å². The monoisotopic (exact) mass is 339 g/mol. The molecule has 3 aliphatic rings. The van der Waals surface area contributed by atoms with Crippen molar-refractivity contribution in [3.05, 3.63) is 55.1 Å². The fourth-order valence-electron chi connectivity index (χ4n) is 4.50. The predicted octanol–water partition coefficient (Wildman–Crippen LogP) is 2.48. The second-order valence-electron chi connectivity index (χ2n) is 6.63. The summed E-state index contributed by atoms with van der Waals surface area (Å²) in [5.74, 6) is -1.57.